The van der Waals surface area contributed by atoms with Crippen molar-refractivity contribution >= 4 is 46.2 Å². The molecule has 4 aliphatic heterocycles. The van der Waals surface area contributed by atoms with E-state index in [4.69, 9.17) is 4.74 Å². The highest BCUT2D eigenvalue weighted by Gasteiger charge is 2.51. The lowest BCUT2D eigenvalue weighted by molar-refractivity contribution is 0.332. The van der Waals surface area contributed by atoms with Gasteiger partial charge in [-0.3, -0.25) is 0 Å². The second-order valence-corrected chi connectivity index (χ2v) is 18.6. The average Bonchev–Trinajstić information content (AvgIpc) is 3.15. The first-order chi connectivity index (χ1) is 25.8. The van der Waals surface area contributed by atoms with Gasteiger partial charge >= 0.3 is 6.85 Å². The fourth-order valence-electron chi connectivity index (χ4n) is 10.9. The van der Waals surface area contributed by atoms with E-state index >= 15 is 0 Å². The number of hydrogen-bond acceptors (Lipinski definition) is 3. The molecule has 0 spiro atoms. The molecule has 4 heteroatoms. The number of rotatable bonds is 1. The Hall–Kier alpha value is -5.22. The third-order valence-corrected chi connectivity index (χ3v) is 13.9. The van der Waals surface area contributed by atoms with Crippen LogP contribution in [-0.4, -0.2) is 6.85 Å². The summed E-state index contributed by atoms with van der Waals surface area (Å²) in [5.74, 6) is 1.94. The van der Waals surface area contributed by atoms with Crippen LogP contribution in [0.5, 0.6) is 11.5 Å². The van der Waals surface area contributed by atoms with Crippen molar-refractivity contribution in [3.8, 4) is 22.6 Å². The van der Waals surface area contributed by atoms with Crippen LogP contribution in [-0.2, 0) is 22.7 Å². The Morgan fingerprint density at radius 2 is 1.30 bits per heavy atom. The van der Waals surface area contributed by atoms with Crippen LogP contribution in [0.25, 0.3) is 11.1 Å². The normalized spacial score (nSPS) is 18.3. The molecule has 0 radical (unpaired) electrons. The molecule has 266 valence electrons. The van der Waals surface area contributed by atoms with E-state index < -0.39 is 0 Å². The second kappa shape index (κ2) is 10.5. The van der Waals surface area contributed by atoms with Gasteiger partial charge in [0.15, 0.2) is 0 Å². The topological polar surface area (TPSA) is 15.7 Å². The number of ether oxygens (including phenoxy) is 1. The molecule has 0 unspecified atom stereocenters. The number of benzene rings is 6. The van der Waals surface area contributed by atoms with E-state index in [1.165, 1.54) is 108 Å². The van der Waals surface area contributed by atoms with Crippen LogP contribution in [0.3, 0.4) is 0 Å². The van der Waals surface area contributed by atoms with Gasteiger partial charge in [0.05, 0.1) is 0 Å². The van der Waals surface area contributed by atoms with Gasteiger partial charge in [0, 0.05) is 51.4 Å². The minimum absolute atomic E-state index is 0.0351. The molecular formula is C50H47BN2O. The molecule has 0 N–H and O–H groups in total. The summed E-state index contributed by atoms with van der Waals surface area (Å²) >= 11 is 0. The predicted molar refractivity (Wildman–Crippen MR) is 226 cm³/mol. The molecule has 0 atom stereocenters. The monoisotopic (exact) mass is 702 g/mol. The molecule has 11 rings (SSSR count). The van der Waals surface area contributed by atoms with Gasteiger partial charge < -0.3 is 14.4 Å². The SMILES string of the molecule is Cc1cc2c3c(c1)N(c1cc4c(cc1C)C(C)(C)CCC4(C)C)c1cc4c(cc1B3N1c3ccccc3C(C)(C)c3cccc-2c31)Oc1ccccc1C4. The van der Waals surface area contributed by atoms with E-state index in [0.717, 1.165) is 17.9 Å². The first kappa shape index (κ1) is 32.2. The van der Waals surface area contributed by atoms with E-state index in [1.807, 2.05) is 0 Å². The van der Waals surface area contributed by atoms with Crippen molar-refractivity contribution in [2.45, 2.75) is 90.9 Å². The van der Waals surface area contributed by atoms with E-state index in [0.29, 0.717) is 0 Å². The van der Waals surface area contributed by atoms with Gasteiger partial charge in [-0.05, 0) is 129 Å². The highest BCUT2D eigenvalue weighted by Crippen LogP contribution is 2.57. The summed E-state index contributed by atoms with van der Waals surface area (Å²) in [5.41, 5.74) is 22.7. The molecule has 6 aromatic carbocycles. The molecule has 6 aromatic rings. The maximum atomic E-state index is 6.82. The van der Waals surface area contributed by atoms with Gasteiger partial charge in [-0.15, -0.1) is 0 Å². The maximum Gasteiger partial charge on any atom is 0.333 e. The van der Waals surface area contributed by atoms with Crippen LogP contribution < -0.4 is 25.4 Å². The highest BCUT2D eigenvalue weighted by molar-refractivity contribution is 6.93. The highest BCUT2D eigenvalue weighted by atomic mass is 16.5. The molecular weight excluding hydrogens is 655 g/mol. The van der Waals surface area contributed by atoms with Gasteiger partial charge in [0.2, 0.25) is 0 Å². The first-order valence-corrected chi connectivity index (χ1v) is 19.9. The van der Waals surface area contributed by atoms with Crippen molar-refractivity contribution in [3.63, 3.8) is 0 Å². The summed E-state index contributed by atoms with van der Waals surface area (Å²) < 4.78 is 6.82. The minimum Gasteiger partial charge on any atom is -0.457 e. The molecule has 1 aliphatic carbocycles. The largest absolute Gasteiger partial charge is 0.457 e. The van der Waals surface area contributed by atoms with Crippen molar-refractivity contribution in [2.24, 2.45) is 0 Å². The van der Waals surface area contributed by atoms with Gasteiger partial charge in [-0.2, -0.15) is 0 Å². The van der Waals surface area contributed by atoms with Crippen molar-refractivity contribution in [1.29, 1.82) is 0 Å². The van der Waals surface area contributed by atoms with Gasteiger partial charge in [-0.25, -0.2) is 0 Å². The Morgan fingerprint density at radius 1 is 0.574 bits per heavy atom. The molecule has 0 fully saturated rings. The van der Waals surface area contributed by atoms with E-state index in [2.05, 4.69) is 168 Å². The Morgan fingerprint density at radius 3 is 2.11 bits per heavy atom. The Balaban J connectivity index is 1.26. The zero-order valence-corrected chi connectivity index (χ0v) is 32.8. The lowest BCUT2D eigenvalue weighted by Crippen LogP contribution is -2.63. The molecule has 0 aromatic heterocycles. The number of hydrogen-bond donors (Lipinski definition) is 0. The summed E-state index contributed by atoms with van der Waals surface area (Å²) in [7, 11) is 0. The van der Waals surface area contributed by atoms with Crippen LogP contribution >= 0.6 is 0 Å². The molecule has 3 nitrogen and oxygen atoms in total. The van der Waals surface area contributed by atoms with Crippen molar-refractivity contribution in [3.05, 3.63) is 148 Å². The van der Waals surface area contributed by atoms with E-state index in [-0.39, 0.29) is 23.1 Å². The van der Waals surface area contributed by atoms with Crippen molar-refractivity contribution in [2.75, 3.05) is 9.71 Å². The fraction of sp³-hybridized carbons (Fsp3) is 0.280. The second-order valence-electron chi connectivity index (χ2n) is 18.6. The Bertz CT molecular complexity index is 2650. The quantitative estimate of drug-likeness (QED) is 0.158. The number of aryl methyl sites for hydroxylation is 2. The fourth-order valence-corrected chi connectivity index (χ4v) is 10.9. The summed E-state index contributed by atoms with van der Waals surface area (Å²) in [4.78, 5) is 5.33. The third-order valence-electron chi connectivity index (χ3n) is 13.9. The lowest BCUT2D eigenvalue weighted by atomic mass is 9.42. The summed E-state index contributed by atoms with van der Waals surface area (Å²) in [6.07, 6.45) is 3.23. The number of nitrogens with zero attached hydrogens (tertiary/aromatic N) is 2. The number of para-hydroxylation sites is 3. The molecule has 4 heterocycles. The number of fused-ring (bicyclic) bond motifs is 9. The molecule has 54 heavy (non-hydrogen) atoms. The molecule has 0 bridgehead atoms. The lowest BCUT2D eigenvalue weighted by Gasteiger charge is -2.51. The van der Waals surface area contributed by atoms with Crippen LogP contribution in [0.15, 0.2) is 103 Å². The summed E-state index contributed by atoms with van der Waals surface area (Å²) in [6.45, 7) is 19.1. The van der Waals surface area contributed by atoms with Gasteiger partial charge in [0.1, 0.15) is 11.5 Å². The zero-order valence-electron chi connectivity index (χ0n) is 32.8. The Labute approximate surface area is 320 Å². The summed E-state index contributed by atoms with van der Waals surface area (Å²) in [6, 6.07) is 39.6. The van der Waals surface area contributed by atoms with Crippen molar-refractivity contribution in [1.82, 2.24) is 0 Å². The zero-order chi connectivity index (χ0) is 37.1. The third kappa shape index (κ3) is 4.15. The van der Waals surface area contributed by atoms with Crippen molar-refractivity contribution < 1.29 is 4.74 Å². The standard InChI is InChI=1S/C50H47BN2O/c1-29-22-34-33-15-13-17-36-47(33)53(40-18-11-10-16-35(40)50(36,7)8)51-39-28-45-32(25-31-14-9-12-19-44(31)54-45)26-42(39)52(43(23-29)46(34)51)41-27-38-37(24-30(41)2)48(3,4)20-21-49(38,5)6/h9-19,22-24,26-28H,20-21,25H2,1-8H3. The average molecular weight is 703 g/mol. The van der Waals surface area contributed by atoms with Gasteiger partial charge in [-0.1, -0.05) is 108 Å². The molecule has 0 saturated heterocycles. The van der Waals surface area contributed by atoms with Crippen LogP contribution in [0.2, 0.25) is 0 Å². The Kier molecular flexibility index (Phi) is 6.27. The van der Waals surface area contributed by atoms with Crippen LogP contribution in [0, 0.1) is 13.8 Å². The first-order valence-electron chi connectivity index (χ1n) is 19.9. The minimum atomic E-state index is -0.143. The van der Waals surface area contributed by atoms with Crippen LogP contribution in [0.1, 0.15) is 98.9 Å². The molecule has 0 amide bonds. The maximum absolute atomic E-state index is 6.82. The number of anilines is 5. The molecule has 0 saturated carbocycles. The molecule has 5 aliphatic rings. The van der Waals surface area contributed by atoms with E-state index in [1.54, 1.807) is 0 Å². The predicted octanol–water partition coefficient (Wildman–Crippen LogP) is 11.7. The summed E-state index contributed by atoms with van der Waals surface area (Å²) in [5, 5.41) is 0. The smallest absolute Gasteiger partial charge is 0.333 e. The van der Waals surface area contributed by atoms with Gasteiger partial charge in [0.25, 0.3) is 0 Å². The van der Waals surface area contributed by atoms with Crippen LogP contribution in [0.4, 0.5) is 28.4 Å². The van der Waals surface area contributed by atoms with E-state index in [9.17, 15) is 0 Å².